The molecule has 0 aromatic heterocycles. The molecule has 1 aliphatic rings. The van der Waals surface area contributed by atoms with E-state index in [9.17, 15) is 9.59 Å². The molecule has 0 spiro atoms. The van der Waals surface area contributed by atoms with E-state index in [1.54, 1.807) is 0 Å². The second-order valence-electron chi connectivity index (χ2n) is 2.66. The van der Waals surface area contributed by atoms with Crippen LogP contribution in [0.5, 0.6) is 0 Å². The molecule has 5 nitrogen and oxygen atoms in total. The maximum Gasteiger partial charge on any atom is 0.313 e. The number of ether oxygens (including phenoxy) is 1. The Kier molecular flexibility index (Phi) is 11.3. The first kappa shape index (κ1) is 15.5. The van der Waals surface area contributed by atoms with Crippen LogP contribution in [0.2, 0.25) is 0 Å². The molecule has 0 radical (unpaired) electrons. The fourth-order valence-corrected chi connectivity index (χ4v) is 0.856. The Morgan fingerprint density at radius 2 is 1.57 bits per heavy atom. The monoisotopic (exact) mass is 204 g/mol. The Labute approximate surface area is 84.8 Å². The third kappa shape index (κ3) is 9.15. The van der Waals surface area contributed by atoms with Gasteiger partial charge < -0.3 is 16.2 Å². The molecule has 5 heteroatoms. The van der Waals surface area contributed by atoms with Crippen molar-refractivity contribution < 1.29 is 14.3 Å². The molecule has 0 atom stereocenters. The highest BCUT2D eigenvalue weighted by atomic mass is 16.6. The lowest BCUT2D eigenvalue weighted by atomic mass is 10.2. The molecule has 0 aromatic carbocycles. The Morgan fingerprint density at radius 1 is 1.14 bits per heavy atom. The maximum absolute atomic E-state index is 10.2. The number of hydrogen-bond acceptors (Lipinski definition) is 5. The second-order valence-corrected chi connectivity index (χ2v) is 2.66. The summed E-state index contributed by atoms with van der Waals surface area (Å²) in [5, 5.41) is 3.11. The van der Waals surface area contributed by atoms with Gasteiger partial charge in [0.25, 0.3) is 0 Å². The van der Waals surface area contributed by atoms with Gasteiger partial charge in [0.2, 0.25) is 0 Å². The molecule has 4 N–H and O–H groups in total. The highest BCUT2D eigenvalue weighted by Gasteiger charge is 2.15. The molecule has 0 amide bonds. The summed E-state index contributed by atoms with van der Waals surface area (Å²) in [5.41, 5.74) is 0. The van der Waals surface area contributed by atoms with E-state index in [-0.39, 0.29) is 18.1 Å². The van der Waals surface area contributed by atoms with Gasteiger partial charge in [-0.05, 0) is 19.5 Å². The zero-order valence-corrected chi connectivity index (χ0v) is 8.97. The first-order valence-corrected chi connectivity index (χ1v) is 4.64. The van der Waals surface area contributed by atoms with E-state index in [0.29, 0.717) is 19.3 Å². The van der Waals surface area contributed by atoms with Crippen LogP contribution in [0.3, 0.4) is 0 Å². The first-order valence-electron chi connectivity index (χ1n) is 4.64. The highest BCUT2D eigenvalue weighted by molar-refractivity contribution is 5.87. The molecule has 0 saturated carbocycles. The van der Waals surface area contributed by atoms with Crippen molar-refractivity contribution in [3.8, 4) is 0 Å². The molecule has 1 heterocycles. The lowest BCUT2D eigenvalue weighted by Gasteiger charge is -2.06. The molecule has 1 fully saturated rings. The van der Waals surface area contributed by atoms with Gasteiger partial charge in [-0.25, -0.2) is 0 Å². The molecule has 84 valence electrons. The van der Waals surface area contributed by atoms with Gasteiger partial charge in [0.1, 0.15) is 0 Å². The van der Waals surface area contributed by atoms with Crippen LogP contribution in [0.25, 0.3) is 0 Å². The summed E-state index contributed by atoms with van der Waals surface area (Å²) in [7, 11) is 0. The van der Waals surface area contributed by atoms with Crippen LogP contribution in [0.4, 0.5) is 0 Å². The van der Waals surface area contributed by atoms with Gasteiger partial charge in [0.05, 0.1) is 0 Å². The van der Waals surface area contributed by atoms with Crippen LogP contribution in [0.15, 0.2) is 0 Å². The van der Waals surface area contributed by atoms with Crippen LogP contribution in [0, 0.1) is 0 Å². The lowest BCUT2D eigenvalue weighted by Crippen LogP contribution is -2.17. The fourth-order valence-electron chi connectivity index (χ4n) is 0.856. The number of esters is 2. The van der Waals surface area contributed by atoms with Crippen LogP contribution in [0.1, 0.15) is 33.1 Å². The van der Waals surface area contributed by atoms with Crippen molar-refractivity contribution in [3.05, 3.63) is 0 Å². The number of carbonyl (C=O) groups excluding carboxylic acids is 2. The normalized spacial score (nSPS) is 14.7. The number of hydrogen-bond donors (Lipinski definition) is 2. The molecule has 1 aliphatic heterocycles. The quantitative estimate of drug-likeness (QED) is 0.517. The maximum atomic E-state index is 10.2. The molecule has 1 saturated heterocycles. The summed E-state index contributed by atoms with van der Waals surface area (Å²) in [4.78, 5) is 20.5. The van der Waals surface area contributed by atoms with Gasteiger partial charge in [0.15, 0.2) is 0 Å². The van der Waals surface area contributed by atoms with Crippen molar-refractivity contribution in [1.82, 2.24) is 11.5 Å². The highest BCUT2D eigenvalue weighted by Crippen LogP contribution is 2.06. The molecular formula is C9H20N2O3. The molecule has 0 unspecified atom stereocenters. The first-order chi connectivity index (χ1) is 6.20. The summed E-state index contributed by atoms with van der Waals surface area (Å²) >= 11 is 0. The van der Waals surface area contributed by atoms with Gasteiger partial charge in [0, 0.05) is 12.8 Å². The van der Waals surface area contributed by atoms with Crippen LogP contribution in [-0.2, 0) is 14.3 Å². The van der Waals surface area contributed by atoms with E-state index >= 15 is 0 Å². The van der Waals surface area contributed by atoms with Crippen LogP contribution in [-0.4, -0.2) is 25.0 Å². The van der Waals surface area contributed by atoms with E-state index in [1.807, 2.05) is 0 Å². The van der Waals surface area contributed by atoms with Gasteiger partial charge in [-0.3, -0.25) is 9.59 Å². The van der Waals surface area contributed by atoms with E-state index in [0.717, 1.165) is 13.1 Å². The minimum Gasteiger partial charge on any atom is -0.393 e. The third-order valence-corrected chi connectivity index (χ3v) is 1.49. The Hall–Kier alpha value is -0.940. The van der Waals surface area contributed by atoms with Crippen LogP contribution < -0.4 is 11.5 Å². The smallest absolute Gasteiger partial charge is 0.313 e. The van der Waals surface area contributed by atoms with Crippen molar-refractivity contribution in [2.24, 2.45) is 0 Å². The van der Waals surface area contributed by atoms with Gasteiger partial charge >= 0.3 is 11.9 Å². The summed E-state index contributed by atoms with van der Waals surface area (Å²) < 4.78 is 4.21. The average Bonchev–Trinajstić information content (AvgIpc) is 2.06. The third-order valence-electron chi connectivity index (χ3n) is 1.49. The van der Waals surface area contributed by atoms with Crippen molar-refractivity contribution in [1.29, 1.82) is 0 Å². The number of carbonyl (C=O) groups is 2. The SMILES string of the molecule is CCNCC.N.O=C1CCCC(=O)O1. The van der Waals surface area contributed by atoms with Crippen molar-refractivity contribution in [3.63, 3.8) is 0 Å². The zero-order valence-electron chi connectivity index (χ0n) is 8.97. The number of rotatable bonds is 2. The van der Waals surface area contributed by atoms with E-state index in [4.69, 9.17) is 0 Å². The molecule has 0 aromatic rings. The molecule has 0 bridgehead atoms. The predicted octanol–water partition coefficient (Wildman–Crippen LogP) is 1.02. The van der Waals surface area contributed by atoms with Gasteiger partial charge in [-0.1, -0.05) is 13.8 Å². The minimum absolute atomic E-state index is 0. The predicted molar refractivity (Wildman–Crippen MR) is 54.2 cm³/mol. The Bertz CT molecular complexity index is 155. The number of nitrogens with one attached hydrogen (secondary N) is 1. The van der Waals surface area contributed by atoms with Crippen molar-refractivity contribution in [2.45, 2.75) is 33.1 Å². The summed E-state index contributed by atoms with van der Waals surface area (Å²) in [5.74, 6) is -0.775. The molecular weight excluding hydrogens is 184 g/mol. The second kappa shape index (κ2) is 10.1. The summed E-state index contributed by atoms with van der Waals surface area (Å²) in [6, 6.07) is 0. The number of cyclic esters (lactones) is 2. The summed E-state index contributed by atoms with van der Waals surface area (Å²) in [6.45, 7) is 6.39. The largest absolute Gasteiger partial charge is 0.393 e. The van der Waals surface area contributed by atoms with Gasteiger partial charge in [-0.2, -0.15) is 0 Å². The Morgan fingerprint density at radius 3 is 1.71 bits per heavy atom. The average molecular weight is 204 g/mol. The van der Waals surface area contributed by atoms with E-state index < -0.39 is 0 Å². The fraction of sp³-hybridized carbons (Fsp3) is 0.778. The molecule has 0 aliphatic carbocycles. The molecule has 14 heavy (non-hydrogen) atoms. The zero-order chi connectivity index (χ0) is 10.1. The lowest BCUT2D eigenvalue weighted by molar-refractivity contribution is -0.163. The van der Waals surface area contributed by atoms with Crippen molar-refractivity contribution in [2.75, 3.05) is 13.1 Å². The van der Waals surface area contributed by atoms with Gasteiger partial charge in [-0.15, -0.1) is 0 Å². The topological polar surface area (TPSA) is 90.4 Å². The van der Waals surface area contributed by atoms with Crippen molar-refractivity contribution >= 4 is 11.9 Å². The van der Waals surface area contributed by atoms with Crippen LogP contribution >= 0.6 is 0 Å². The standard InChI is InChI=1S/C5H6O3.C4H11N.H3N/c6-4-2-1-3-5(7)8-4;1-3-5-4-2;/h1-3H2;5H,3-4H2,1-2H3;1H3. The van der Waals surface area contributed by atoms with E-state index in [2.05, 4.69) is 23.9 Å². The summed E-state index contributed by atoms with van der Waals surface area (Å²) in [6.07, 6.45) is 1.44. The minimum atomic E-state index is -0.388. The molecule has 1 rings (SSSR count). The van der Waals surface area contributed by atoms with E-state index in [1.165, 1.54) is 0 Å². The Balaban J connectivity index is 0.